The zero-order chi connectivity index (χ0) is 42.3. The van der Waals surface area contributed by atoms with Crippen LogP contribution in [-0.2, 0) is 31.9 Å². The van der Waals surface area contributed by atoms with Crippen LogP contribution in [-0.4, -0.2) is 18.7 Å². The van der Waals surface area contributed by atoms with Gasteiger partial charge in [-0.25, -0.2) is 4.98 Å². The number of rotatable bonds is 6. The molecule has 4 heterocycles. The van der Waals surface area contributed by atoms with Crippen LogP contribution in [0, 0.1) is 18.5 Å². The third-order valence-corrected chi connectivity index (χ3v) is 12.0. The van der Waals surface area contributed by atoms with E-state index >= 15 is 0 Å². The van der Waals surface area contributed by atoms with Crippen LogP contribution in [0.1, 0.15) is 52.7 Å². The fourth-order valence-electron chi connectivity index (χ4n) is 8.82. The molecule has 11 rings (SSSR count). The minimum atomic E-state index is -0.0171. The van der Waals surface area contributed by atoms with Crippen molar-refractivity contribution in [2.45, 2.75) is 52.4 Å². The SMILES string of the molecule is CC(C)(C)c1cc(-n2[c-][n+](-c3[c-]c(Oc4[c-]c5c(cc4)c4ccccc4n5-c4cc(-n5c6ccccc6c6ccccc65)ccn4)ccc3)c3ccccc32)cc(C(C)(C)C)c1.[Pt]. The number of hydrogen-bond donors (Lipinski definition) is 0. The number of pyridine rings is 1. The molecule has 312 valence electrons. The van der Waals surface area contributed by atoms with Crippen LogP contribution in [0.4, 0.5) is 0 Å². The van der Waals surface area contributed by atoms with Gasteiger partial charge in [-0.2, -0.15) is 18.2 Å². The third kappa shape index (κ3) is 6.94. The fraction of sp³-hybridized carbons (Fsp3) is 0.143. The van der Waals surface area contributed by atoms with Gasteiger partial charge < -0.3 is 18.4 Å². The molecule has 0 radical (unpaired) electrons. The van der Waals surface area contributed by atoms with Crippen LogP contribution in [0.5, 0.6) is 11.5 Å². The Balaban J connectivity index is 0.00000471. The summed E-state index contributed by atoms with van der Waals surface area (Å²) in [6.45, 7) is 13.6. The van der Waals surface area contributed by atoms with Gasteiger partial charge >= 0.3 is 0 Å². The van der Waals surface area contributed by atoms with Gasteiger partial charge in [-0.1, -0.05) is 132 Å². The monoisotopic (exact) mass is 998 g/mol. The Morgan fingerprint density at radius 3 is 1.73 bits per heavy atom. The molecule has 7 aromatic carbocycles. The van der Waals surface area contributed by atoms with Crippen molar-refractivity contribution in [2.75, 3.05) is 0 Å². The van der Waals surface area contributed by atoms with Gasteiger partial charge in [-0.05, 0) is 69.4 Å². The molecule has 63 heavy (non-hydrogen) atoms. The topological polar surface area (TPSA) is 40.8 Å². The van der Waals surface area contributed by atoms with Crippen molar-refractivity contribution in [3.8, 4) is 34.4 Å². The maximum absolute atomic E-state index is 6.64. The smallest absolute Gasteiger partial charge is 0.268 e. The third-order valence-electron chi connectivity index (χ3n) is 12.0. The van der Waals surface area contributed by atoms with Gasteiger partial charge in [0.1, 0.15) is 5.82 Å². The Labute approximate surface area is 381 Å². The summed E-state index contributed by atoms with van der Waals surface area (Å²) in [7, 11) is 0. The van der Waals surface area contributed by atoms with Crippen LogP contribution < -0.4 is 9.30 Å². The van der Waals surface area contributed by atoms with Gasteiger partial charge in [0.2, 0.25) is 0 Å². The number of fused-ring (bicyclic) bond motifs is 7. The van der Waals surface area contributed by atoms with Crippen LogP contribution in [0.15, 0.2) is 164 Å². The molecule has 0 amide bonds. The van der Waals surface area contributed by atoms with Gasteiger partial charge in [0.25, 0.3) is 6.33 Å². The van der Waals surface area contributed by atoms with E-state index in [-0.39, 0.29) is 31.9 Å². The van der Waals surface area contributed by atoms with Crippen LogP contribution >= 0.6 is 0 Å². The van der Waals surface area contributed by atoms with Crippen molar-refractivity contribution < 1.29 is 30.4 Å². The molecule has 0 N–H and O–H groups in total. The molecule has 0 fully saturated rings. The summed E-state index contributed by atoms with van der Waals surface area (Å²) in [4.78, 5) is 4.97. The van der Waals surface area contributed by atoms with E-state index in [2.05, 4.69) is 212 Å². The predicted octanol–water partition coefficient (Wildman–Crippen LogP) is 13.3. The van der Waals surface area contributed by atoms with Crippen molar-refractivity contribution in [3.05, 3.63) is 194 Å². The van der Waals surface area contributed by atoms with Gasteiger partial charge in [0, 0.05) is 61.1 Å². The number of ether oxygens (including phenoxy) is 1. The second kappa shape index (κ2) is 15.3. The molecule has 0 aliphatic rings. The zero-order valence-electron chi connectivity index (χ0n) is 36.0. The summed E-state index contributed by atoms with van der Waals surface area (Å²) >= 11 is 0. The average Bonchev–Trinajstić information content (AvgIpc) is 3.94. The number of benzene rings is 7. The fourth-order valence-corrected chi connectivity index (χ4v) is 8.82. The molecule has 7 heteroatoms. The molecule has 0 aliphatic heterocycles. The molecular formula is C56H45N5OPt-2. The van der Waals surface area contributed by atoms with Crippen LogP contribution in [0.2, 0.25) is 0 Å². The van der Waals surface area contributed by atoms with Crippen LogP contribution in [0.25, 0.3) is 77.5 Å². The maximum Gasteiger partial charge on any atom is 0.268 e. The summed E-state index contributed by atoms with van der Waals surface area (Å²) in [5.74, 6) is 1.96. The Morgan fingerprint density at radius 1 is 0.508 bits per heavy atom. The van der Waals surface area contributed by atoms with E-state index < -0.39 is 0 Å². The standard InChI is InChI=1S/C56H45N5O.Pt/c1-55(2,3)37-30-38(56(4,5)6)32-41(31-37)59-36-58(51-24-13-14-25-52(51)59)39-16-15-17-42(33-39)62-43-26-27-47-46-20-9-12-23-50(46)61(53(47)35-43)54-34-40(28-29-57-54)60-48-21-10-7-18-44(48)45-19-8-11-22-49(45)60;/h7-32,34H,1-6H3;/q-2;. The minimum absolute atomic E-state index is 0. The predicted molar refractivity (Wildman–Crippen MR) is 252 cm³/mol. The van der Waals surface area contributed by atoms with E-state index in [0.29, 0.717) is 11.5 Å². The van der Waals surface area contributed by atoms with Gasteiger partial charge in [-0.15, -0.1) is 29.7 Å². The Bertz CT molecular complexity index is 3450. The first-order chi connectivity index (χ1) is 30.0. The minimum Gasteiger partial charge on any atom is -0.510 e. The molecule has 0 saturated carbocycles. The molecule has 0 spiro atoms. The summed E-state index contributed by atoms with van der Waals surface area (Å²) in [5, 5.41) is 4.63. The molecule has 0 unspecified atom stereocenters. The Hall–Kier alpha value is -6.75. The van der Waals surface area contributed by atoms with E-state index in [1.165, 1.54) is 21.9 Å². The zero-order valence-corrected chi connectivity index (χ0v) is 38.3. The van der Waals surface area contributed by atoms with Crippen molar-refractivity contribution in [1.82, 2.24) is 18.7 Å². The molecule has 6 nitrogen and oxygen atoms in total. The number of hydrogen-bond acceptors (Lipinski definition) is 2. The molecule has 4 aromatic heterocycles. The second-order valence-corrected chi connectivity index (χ2v) is 18.2. The quantitative estimate of drug-likeness (QED) is 0.123. The van der Waals surface area contributed by atoms with Crippen molar-refractivity contribution >= 4 is 54.6 Å². The number of aromatic nitrogens is 5. The molecule has 0 bridgehead atoms. The Kier molecular flexibility index (Phi) is 9.76. The summed E-state index contributed by atoms with van der Waals surface area (Å²) in [6, 6.07) is 62.5. The maximum atomic E-state index is 6.64. The largest absolute Gasteiger partial charge is 0.510 e. The number of imidazole rings is 1. The van der Waals surface area contributed by atoms with E-state index in [4.69, 9.17) is 9.72 Å². The number of nitrogens with zero attached hydrogens (tertiary/aromatic N) is 5. The Morgan fingerprint density at radius 2 is 1.08 bits per heavy atom. The molecule has 11 aromatic rings. The average molecular weight is 999 g/mol. The van der Waals surface area contributed by atoms with E-state index in [0.717, 1.165) is 66.8 Å². The summed E-state index contributed by atoms with van der Waals surface area (Å²) in [6.07, 6.45) is 5.59. The van der Waals surface area contributed by atoms with Gasteiger partial charge in [-0.3, -0.25) is 4.57 Å². The van der Waals surface area contributed by atoms with Gasteiger partial charge in [0.15, 0.2) is 0 Å². The molecule has 0 saturated heterocycles. The first-order valence-corrected chi connectivity index (χ1v) is 21.2. The van der Waals surface area contributed by atoms with Crippen LogP contribution in [0.3, 0.4) is 0 Å². The van der Waals surface area contributed by atoms with Crippen molar-refractivity contribution in [2.24, 2.45) is 0 Å². The second-order valence-electron chi connectivity index (χ2n) is 18.2. The first kappa shape index (κ1) is 40.3. The van der Waals surface area contributed by atoms with Crippen molar-refractivity contribution in [3.63, 3.8) is 0 Å². The molecular weight excluding hydrogens is 954 g/mol. The van der Waals surface area contributed by atoms with Gasteiger partial charge in [0.05, 0.1) is 33.4 Å². The van der Waals surface area contributed by atoms with E-state index in [1.807, 2.05) is 30.5 Å². The first-order valence-electron chi connectivity index (χ1n) is 21.2. The normalized spacial score (nSPS) is 12.2. The number of para-hydroxylation sites is 5. The van der Waals surface area contributed by atoms with E-state index in [1.54, 1.807) is 0 Å². The molecule has 0 atom stereocenters. The molecule has 0 aliphatic carbocycles. The van der Waals surface area contributed by atoms with Crippen molar-refractivity contribution in [1.29, 1.82) is 0 Å². The van der Waals surface area contributed by atoms with E-state index in [9.17, 15) is 0 Å². The summed E-state index contributed by atoms with van der Waals surface area (Å²) < 4.78 is 15.4. The summed E-state index contributed by atoms with van der Waals surface area (Å²) in [5.41, 5.74) is 11.8.